The summed E-state index contributed by atoms with van der Waals surface area (Å²) in [5, 5.41) is 5.20. The Morgan fingerprint density at radius 1 is 0.781 bits per heavy atom. The molecule has 0 bridgehead atoms. The van der Waals surface area contributed by atoms with E-state index in [4.69, 9.17) is 0 Å². The van der Waals surface area contributed by atoms with Crippen molar-refractivity contribution in [3.05, 3.63) is 108 Å². The molecule has 1 aliphatic rings. The Kier molecular flexibility index (Phi) is 8.58. The van der Waals surface area contributed by atoms with Crippen LogP contribution in [0.4, 0.5) is 0 Å². The number of hydrogen-bond donors (Lipinski definition) is 0. The molecule has 32 heavy (non-hydrogen) atoms. The molecule has 1 heterocycles. The van der Waals surface area contributed by atoms with Gasteiger partial charge in [-0.2, -0.15) is 6.08 Å². The molecule has 0 saturated heterocycles. The molecule has 6 rings (SSSR count). The van der Waals surface area contributed by atoms with Crippen LogP contribution in [0.1, 0.15) is 20.3 Å². The standard InChI is InChI=1S/C21H14N.C7H9.2FH.Zr/c1-2-8-16-14-17(13-15(16)7-1)22-20-11-5-3-9-18(20)19-10-4-6-12-21(19)22;1-6-4-3-5-7(6)2;;;/h1-14H;4H,3H2,1-2H3;2*1H;/q2*-1;;;+4/p-2. The Balaban J connectivity index is 0.000000317. The first-order valence-electron chi connectivity index (χ1n) is 10.1. The molecule has 0 amide bonds. The third-order valence-electron chi connectivity index (χ3n) is 5.81. The minimum absolute atomic E-state index is 0. The molecule has 4 aromatic carbocycles. The number of allylic oxidation sites excluding steroid dienone is 4. The van der Waals surface area contributed by atoms with Gasteiger partial charge in [0.15, 0.2) is 0 Å². The van der Waals surface area contributed by atoms with Gasteiger partial charge in [-0.15, -0.1) is 54.4 Å². The Morgan fingerprint density at radius 3 is 1.84 bits per heavy atom. The second-order valence-electron chi connectivity index (χ2n) is 7.61. The van der Waals surface area contributed by atoms with E-state index >= 15 is 0 Å². The number of benzene rings is 3. The van der Waals surface area contributed by atoms with E-state index in [9.17, 15) is 0 Å². The number of para-hydroxylation sites is 2. The van der Waals surface area contributed by atoms with Gasteiger partial charge >= 0.3 is 26.2 Å². The van der Waals surface area contributed by atoms with Gasteiger partial charge in [0.1, 0.15) is 0 Å². The smallest absolute Gasteiger partial charge is 1.00 e. The number of nitrogens with zero attached hydrogens (tertiary/aromatic N) is 1. The van der Waals surface area contributed by atoms with Gasteiger partial charge in [0.2, 0.25) is 0 Å². The number of hydrogen-bond acceptors (Lipinski definition) is 0. The maximum absolute atomic E-state index is 3.19. The van der Waals surface area contributed by atoms with E-state index in [1.54, 1.807) is 0 Å². The Labute approximate surface area is 206 Å². The Hall–Kier alpha value is -2.71. The summed E-state index contributed by atoms with van der Waals surface area (Å²) in [5.74, 6) is 0. The number of aromatic nitrogens is 1. The first kappa shape index (κ1) is 25.6. The van der Waals surface area contributed by atoms with Crippen molar-refractivity contribution in [2.24, 2.45) is 0 Å². The van der Waals surface area contributed by atoms with Gasteiger partial charge in [-0.1, -0.05) is 49.4 Å². The molecule has 0 fully saturated rings. The van der Waals surface area contributed by atoms with Gasteiger partial charge in [0.25, 0.3) is 0 Å². The van der Waals surface area contributed by atoms with E-state index < -0.39 is 0 Å². The number of fused-ring (bicyclic) bond motifs is 4. The summed E-state index contributed by atoms with van der Waals surface area (Å²) >= 11 is 0. The third kappa shape index (κ3) is 4.56. The fourth-order valence-corrected chi connectivity index (χ4v) is 4.11. The zero-order valence-electron chi connectivity index (χ0n) is 18.1. The van der Waals surface area contributed by atoms with Crippen molar-refractivity contribution in [2.45, 2.75) is 20.3 Å². The van der Waals surface area contributed by atoms with Crippen molar-refractivity contribution in [3.63, 3.8) is 0 Å². The quantitative estimate of drug-likeness (QED) is 0.308. The molecule has 0 saturated carbocycles. The van der Waals surface area contributed by atoms with Crippen molar-refractivity contribution >= 4 is 32.6 Å². The number of halogens is 2. The van der Waals surface area contributed by atoms with Crippen LogP contribution in [0, 0.1) is 6.08 Å². The monoisotopic (exact) mass is 501 g/mol. The van der Waals surface area contributed by atoms with Crippen molar-refractivity contribution in [1.29, 1.82) is 0 Å². The van der Waals surface area contributed by atoms with E-state index in [1.165, 1.54) is 49.4 Å². The van der Waals surface area contributed by atoms with Gasteiger partial charge in [-0.25, -0.2) is 11.1 Å². The van der Waals surface area contributed by atoms with Crippen molar-refractivity contribution in [3.8, 4) is 5.69 Å². The van der Waals surface area contributed by atoms with E-state index in [1.807, 2.05) is 0 Å². The average molecular weight is 503 g/mol. The summed E-state index contributed by atoms with van der Waals surface area (Å²) in [7, 11) is 0. The normalized spacial score (nSPS) is 12.2. The molecule has 0 radical (unpaired) electrons. The molecule has 1 aliphatic carbocycles. The summed E-state index contributed by atoms with van der Waals surface area (Å²) in [5.41, 5.74) is 6.47. The summed E-state index contributed by atoms with van der Waals surface area (Å²) < 4.78 is 2.37. The van der Waals surface area contributed by atoms with E-state index in [-0.39, 0.29) is 35.6 Å². The molecule has 0 atom stereocenters. The topological polar surface area (TPSA) is 4.93 Å². The Morgan fingerprint density at radius 2 is 1.34 bits per heavy atom. The predicted octanol–water partition coefficient (Wildman–Crippen LogP) is 1.75. The largest absolute Gasteiger partial charge is 4.00 e. The van der Waals surface area contributed by atoms with Crippen LogP contribution in [0.15, 0.2) is 102 Å². The predicted molar refractivity (Wildman–Crippen MR) is 125 cm³/mol. The molecule has 0 aliphatic heterocycles. The Bertz CT molecular complexity index is 1300. The van der Waals surface area contributed by atoms with Gasteiger partial charge in [-0.3, -0.25) is 6.08 Å². The van der Waals surface area contributed by atoms with Crippen LogP contribution >= 0.6 is 0 Å². The van der Waals surface area contributed by atoms with Crippen LogP contribution in [-0.4, -0.2) is 4.57 Å². The summed E-state index contributed by atoms with van der Waals surface area (Å²) in [6.45, 7) is 4.22. The number of rotatable bonds is 1. The maximum Gasteiger partial charge on any atom is 4.00 e. The third-order valence-corrected chi connectivity index (χ3v) is 5.81. The van der Waals surface area contributed by atoms with E-state index in [0.29, 0.717) is 0 Å². The molecule has 5 aromatic rings. The zero-order chi connectivity index (χ0) is 19.8. The molecule has 1 nitrogen and oxygen atoms in total. The molecular formula is C28H23F2NZr. The molecule has 0 spiro atoms. The molecule has 0 N–H and O–H groups in total. The summed E-state index contributed by atoms with van der Waals surface area (Å²) in [4.78, 5) is 0. The molecule has 1 aromatic heterocycles. The van der Waals surface area contributed by atoms with Gasteiger partial charge < -0.3 is 14.0 Å². The summed E-state index contributed by atoms with van der Waals surface area (Å²) in [6.07, 6.45) is 6.41. The van der Waals surface area contributed by atoms with Crippen LogP contribution in [0.3, 0.4) is 0 Å². The maximum atomic E-state index is 3.19. The van der Waals surface area contributed by atoms with Gasteiger partial charge in [0, 0.05) is 10.8 Å². The average Bonchev–Trinajstić information content (AvgIpc) is 3.43. The van der Waals surface area contributed by atoms with E-state index in [2.05, 4.69) is 115 Å². The van der Waals surface area contributed by atoms with Crippen molar-refractivity contribution < 1.29 is 35.6 Å². The van der Waals surface area contributed by atoms with Crippen LogP contribution in [0.25, 0.3) is 38.3 Å². The van der Waals surface area contributed by atoms with E-state index in [0.717, 1.165) is 6.42 Å². The van der Waals surface area contributed by atoms with Crippen LogP contribution in [0.2, 0.25) is 0 Å². The first-order chi connectivity index (χ1) is 14.2. The van der Waals surface area contributed by atoms with Crippen molar-refractivity contribution in [1.82, 2.24) is 4.57 Å². The SMILES string of the molecule is CC1=[C-]CC=C1C.[F-].[F-].[Zr+4].c1ccc2[cH-]c(-n3c4ccccc4c4ccccc43)cc2c1. The first-order valence-corrected chi connectivity index (χ1v) is 10.1. The van der Waals surface area contributed by atoms with Gasteiger partial charge in [-0.05, 0) is 17.8 Å². The van der Waals surface area contributed by atoms with Crippen LogP contribution in [0.5, 0.6) is 0 Å². The second kappa shape index (κ2) is 10.7. The second-order valence-corrected chi connectivity index (χ2v) is 7.61. The van der Waals surface area contributed by atoms with Gasteiger partial charge in [0.05, 0.1) is 11.0 Å². The zero-order valence-corrected chi connectivity index (χ0v) is 20.5. The molecular weight excluding hydrogens is 480 g/mol. The molecule has 0 unspecified atom stereocenters. The fraction of sp³-hybridized carbons (Fsp3) is 0.107. The van der Waals surface area contributed by atoms with Crippen molar-refractivity contribution in [2.75, 3.05) is 0 Å². The minimum atomic E-state index is 0. The molecule has 4 heteroatoms. The summed E-state index contributed by atoms with van der Waals surface area (Å²) in [6, 6.07) is 30.3. The molecule has 158 valence electrons. The fourth-order valence-electron chi connectivity index (χ4n) is 4.11. The van der Waals surface area contributed by atoms with Crippen LogP contribution < -0.4 is 9.41 Å². The van der Waals surface area contributed by atoms with Crippen LogP contribution in [-0.2, 0) is 26.2 Å². The minimum Gasteiger partial charge on any atom is -1.00 e.